The molecule has 1 fully saturated rings. The van der Waals surface area contributed by atoms with Gasteiger partial charge in [-0.25, -0.2) is 0 Å². The van der Waals surface area contributed by atoms with Crippen LogP contribution in [0.15, 0.2) is 42.5 Å². The number of halogens is 1. The molecule has 0 aliphatic heterocycles. The van der Waals surface area contributed by atoms with E-state index in [1.807, 2.05) is 6.07 Å². The molecule has 1 aliphatic rings. The largest absolute Gasteiger partial charge is 0.506 e. The number of hydrogen-bond donors (Lipinski definition) is 2. The van der Waals surface area contributed by atoms with Crippen LogP contribution in [-0.4, -0.2) is 11.1 Å². The Labute approximate surface area is 124 Å². The van der Waals surface area contributed by atoms with Crippen LogP contribution in [0.25, 0.3) is 0 Å². The Morgan fingerprint density at radius 2 is 1.95 bits per heavy atom. The average molecular weight is 288 g/mol. The number of phenols is 1. The fraction of sp³-hybridized carbons (Fsp3) is 0.294. The van der Waals surface area contributed by atoms with Crippen molar-refractivity contribution in [2.24, 2.45) is 0 Å². The molecule has 2 aromatic rings. The molecule has 3 heteroatoms. The lowest BCUT2D eigenvalue weighted by molar-refractivity contribution is 0.374. The van der Waals surface area contributed by atoms with Crippen molar-refractivity contribution < 1.29 is 5.11 Å². The number of phenolic OH excluding ortho intramolecular Hbond substituents is 1. The zero-order valence-electron chi connectivity index (χ0n) is 11.4. The maximum absolute atomic E-state index is 9.41. The van der Waals surface area contributed by atoms with Crippen molar-refractivity contribution in [3.8, 4) is 5.75 Å². The van der Waals surface area contributed by atoms with Gasteiger partial charge in [0.1, 0.15) is 5.75 Å². The molecule has 0 atom stereocenters. The van der Waals surface area contributed by atoms with Gasteiger partial charge < -0.3 is 10.4 Å². The maximum Gasteiger partial charge on any atom is 0.134 e. The normalized spacial score (nSPS) is 21.3. The lowest BCUT2D eigenvalue weighted by atomic mass is 9.75. The molecule has 20 heavy (non-hydrogen) atoms. The van der Waals surface area contributed by atoms with Gasteiger partial charge in [-0.2, -0.15) is 0 Å². The standard InChI is InChI=1S/C17H18ClNO/c1-11-3-2-4-12(7-11)13-8-15(9-13)19-14-5-6-17(20)16(18)10-14/h2-7,10,13,15,19-20H,8-9H2,1H3. The van der Waals surface area contributed by atoms with Crippen LogP contribution in [0.1, 0.15) is 29.9 Å². The smallest absolute Gasteiger partial charge is 0.134 e. The van der Waals surface area contributed by atoms with Crippen LogP contribution in [0.5, 0.6) is 5.75 Å². The van der Waals surface area contributed by atoms with E-state index >= 15 is 0 Å². The van der Waals surface area contributed by atoms with Gasteiger partial charge in [-0.1, -0.05) is 41.4 Å². The quantitative estimate of drug-likeness (QED) is 0.801. The van der Waals surface area contributed by atoms with Crippen molar-refractivity contribution in [2.75, 3.05) is 5.32 Å². The first-order valence-electron chi connectivity index (χ1n) is 6.93. The first-order valence-corrected chi connectivity index (χ1v) is 7.31. The summed E-state index contributed by atoms with van der Waals surface area (Å²) in [5.74, 6) is 0.781. The third kappa shape index (κ3) is 2.75. The van der Waals surface area contributed by atoms with Gasteiger partial charge in [-0.05, 0) is 49.4 Å². The highest BCUT2D eigenvalue weighted by molar-refractivity contribution is 6.32. The lowest BCUT2D eigenvalue weighted by Gasteiger charge is -2.37. The highest BCUT2D eigenvalue weighted by Crippen LogP contribution is 2.39. The van der Waals surface area contributed by atoms with Gasteiger partial charge in [0.05, 0.1) is 5.02 Å². The Morgan fingerprint density at radius 1 is 1.15 bits per heavy atom. The predicted molar refractivity (Wildman–Crippen MR) is 83.7 cm³/mol. The number of anilines is 1. The second-order valence-electron chi connectivity index (χ2n) is 5.59. The number of nitrogens with one attached hydrogen (secondary N) is 1. The molecule has 104 valence electrons. The fourth-order valence-corrected chi connectivity index (χ4v) is 2.94. The molecule has 0 unspecified atom stereocenters. The van der Waals surface area contributed by atoms with Gasteiger partial charge in [-0.15, -0.1) is 0 Å². The molecule has 0 aromatic heterocycles. The molecule has 2 aromatic carbocycles. The van der Waals surface area contributed by atoms with Crippen LogP contribution in [0, 0.1) is 6.92 Å². The number of hydrogen-bond acceptors (Lipinski definition) is 2. The third-order valence-electron chi connectivity index (χ3n) is 3.97. The predicted octanol–water partition coefficient (Wildman–Crippen LogP) is 4.71. The van der Waals surface area contributed by atoms with Gasteiger partial charge in [0.2, 0.25) is 0 Å². The summed E-state index contributed by atoms with van der Waals surface area (Å²) in [4.78, 5) is 0. The summed E-state index contributed by atoms with van der Waals surface area (Å²) in [7, 11) is 0. The van der Waals surface area contributed by atoms with Crippen LogP contribution in [0.2, 0.25) is 5.02 Å². The SMILES string of the molecule is Cc1cccc(C2CC(Nc3ccc(O)c(Cl)c3)C2)c1. The molecule has 1 saturated carbocycles. The highest BCUT2D eigenvalue weighted by atomic mass is 35.5. The number of benzene rings is 2. The second kappa shape index (κ2) is 5.37. The minimum absolute atomic E-state index is 0.128. The van der Waals surface area contributed by atoms with E-state index in [9.17, 15) is 5.11 Å². The minimum Gasteiger partial charge on any atom is -0.506 e. The zero-order valence-corrected chi connectivity index (χ0v) is 12.2. The number of aromatic hydroxyl groups is 1. The Hall–Kier alpha value is -1.67. The first kappa shape index (κ1) is 13.3. The Bertz CT molecular complexity index is 620. The Morgan fingerprint density at radius 3 is 2.65 bits per heavy atom. The molecular formula is C17H18ClNO. The summed E-state index contributed by atoms with van der Waals surface area (Å²) in [6, 6.07) is 14.5. The first-order chi connectivity index (χ1) is 9.61. The second-order valence-corrected chi connectivity index (χ2v) is 6.00. The summed E-state index contributed by atoms with van der Waals surface area (Å²) >= 11 is 5.91. The van der Waals surface area contributed by atoms with Gasteiger partial charge in [0.25, 0.3) is 0 Å². The van der Waals surface area contributed by atoms with Crippen LogP contribution >= 0.6 is 11.6 Å². The van der Waals surface area contributed by atoms with Gasteiger partial charge in [0.15, 0.2) is 0 Å². The average Bonchev–Trinajstić information content (AvgIpc) is 2.37. The van der Waals surface area contributed by atoms with Crippen molar-refractivity contribution in [3.63, 3.8) is 0 Å². The van der Waals surface area contributed by atoms with E-state index in [1.54, 1.807) is 12.1 Å². The molecule has 0 spiro atoms. The topological polar surface area (TPSA) is 32.3 Å². The molecule has 2 nitrogen and oxygen atoms in total. The number of aryl methyl sites for hydroxylation is 1. The van der Waals surface area contributed by atoms with E-state index in [4.69, 9.17) is 11.6 Å². The minimum atomic E-state index is 0.128. The van der Waals surface area contributed by atoms with E-state index in [0.717, 1.165) is 18.5 Å². The Kier molecular flexibility index (Phi) is 3.58. The molecule has 0 saturated heterocycles. The molecule has 0 bridgehead atoms. The molecule has 0 amide bonds. The van der Waals surface area contributed by atoms with Gasteiger partial charge >= 0.3 is 0 Å². The highest BCUT2D eigenvalue weighted by Gasteiger charge is 2.30. The summed E-state index contributed by atoms with van der Waals surface area (Å²) in [6.45, 7) is 2.14. The molecule has 3 rings (SSSR count). The molecular weight excluding hydrogens is 270 g/mol. The van der Waals surface area contributed by atoms with E-state index in [-0.39, 0.29) is 5.75 Å². The van der Waals surface area contributed by atoms with E-state index in [0.29, 0.717) is 17.0 Å². The summed E-state index contributed by atoms with van der Waals surface area (Å²) in [5, 5.41) is 13.3. The maximum atomic E-state index is 9.41. The Balaban J connectivity index is 1.59. The van der Waals surface area contributed by atoms with E-state index in [2.05, 4.69) is 36.5 Å². The summed E-state index contributed by atoms with van der Waals surface area (Å²) in [5.41, 5.74) is 3.73. The van der Waals surface area contributed by atoms with Crippen molar-refractivity contribution in [2.45, 2.75) is 31.7 Å². The summed E-state index contributed by atoms with van der Waals surface area (Å²) in [6.07, 6.45) is 2.28. The molecule has 0 radical (unpaired) electrons. The third-order valence-corrected chi connectivity index (χ3v) is 4.27. The molecule has 1 aliphatic carbocycles. The van der Waals surface area contributed by atoms with Gasteiger partial charge in [0, 0.05) is 11.7 Å². The van der Waals surface area contributed by atoms with Crippen molar-refractivity contribution >= 4 is 17.3 Å². The molecule has 0 heterocycles. The lowest BCUT2D eigenvalue weighted by Crippen LogP contribution is -2.33. The van der Waals surface area contributed by atoms with Crippen LogP contribution < -0.4 is 5.32 Å². The molecule has 2 N–H and O–H groups in total. The number of rotatable bonds is 3. The zero-order chi connectivity index (χ0) is 14.1. The van der Waals surface area contributed by atoms with Crippen LogP contribution in [0.4, 0.5) is 5.69 Å². The van der Waals surface area contributed by atoms with Crippen LogP contribution in [-0.2, 0) is 0 Å². The fourth-order valence-electron chi connectivity index (χ4n) is 2.76. The summed E-state index contributed by atoms with van der Waals surface area (Å²) < 4.78 is 0. The van der Waals surface area contributed by atoms with E-state index < -0.39 is 0 Å². The van der Waals surface area contributed by atoms with Gasteiger partial charge in [-0.3, -0.25) is 0 Å². The van der Waals surface area contributed by atoms with Crippen LogP contribution in [0.3, 0.4) is 0 Å². The van der Waals surface area contributed by atoms with Crippen molar-refractivity contribution in [1.29, 1.82) is 0 Å². The van der Waals surface area contributed by atoms with E-state index in [1.165, 1.54) is 11.1 Å². The van der Waals surface area contributed by atoms with Crippen molar-refractivity contribution in [1.82, 2.24) is 0 Å². The van der Waals surface area contributed by atoms with Crippen molar-refractivity contribution in [3.05, 3.63) is 58.6 Å². The monoisotopic (exact) mass is 287 g/mol.